The number of aromatic nitrogens is 1. The Hall–Kier alpha value is -4.38. The van der Waals surface area contributed by atoms with Crippen molar-refractivity contribution in [1.82, 2.24) is 4.57 Å². The first-order valence-corrected chi connectivity index (χ1v) is 11.9. The molecular formula is C30H25N3O2. The Morgan fingerprint density at radius 3 is 2.11 bits per heavy atom. The predicted molar refractivity (Wildman–Crippen MR) is 142 cm³/mol. The molecular weight excluding hydrogens is 434 g/mol. The number of para-hydroxylation sites is 3. The number of anilines is 2. The number of rotatable bonds is 5. The molecule has 0 saturated carbocycles. The van der Waals surface area contributed by atoms with Crippen LogP contribution in [0.15, 0.2) is 102 Å². The van der Waals surface area contributed by atoms with E-state index in [-0.39, 0.29) is 17.9 Å². The number of hydrogen-bond acceptors (Lipinski definition) is 3. The minimum atomic E-state index is -0.134. The smallest absolute Gasteiger partial charge is 0.244 e. The lowest BCUT2D eigenvalue weighted by Crippen LogP contribution is -2.21. The second-order valence-electron chi connectivity index (χ2n) is 8.99. The largest absolute Gasteiger partial charge is 0.367 e. The number of hydrogen-bond donors (Lipinski definition) is 1. The molecule has 0 radical (unpaired) electrons. The molecule has 5 heteroatoms. The van der Waals surface area contributed by atoms with Crippen LogP contribution in [-0.2, 0) is 24.3 Å². The highest BCUT2D eigenvalue weighted by Gasteiger charge is 2.18. The number of carbonyl (C=O) groups excluding carboxylic acids is 1. The first-order valence-electron chi connectivity index (χ1n) is 11.9. The summed E-state index contributed by atoms with van der Waals surface area (Å²) in [6.07, 6.45) is 1.08. The van der Waals surface area contributed by atoms with Gasteiger partial charge in [0.1, 0.15) is 6.54 Å². The molecule has 4 aromatic carbocycles. The summed E-state index contributed by atoms with van der Waals surface area (Å²) >= 11 is 0. The third kappa shape index (κ3) is 3.95. The lowest BCUT2D eigenvalue weighted by Gasteiger charge is -2.19. The number of pyridine rings is 1. The molecule has 1 amide bonds. The number of carbonyl (C=O) groups is 1. The number of fused-ring (bicyclic) bond motifs is 3. The molecule has 0 atom stereocenters. The minimum absolute atomic E-state index is 0.0101. The fraction of sp³-hybridized carbons (Fsp3) is 0.133. The molecule has 0 saturated heterocycles. The van der Waals surface area contributed by atoms with E-state index in [1.165, 1.54) is 16.8 Å². The SMILES string of the molecule is O=C(Cn1c2ccccc2c(=O)c2ccccc21)Nc1ccc(CN2CCc3ccccc32)cc1. The summed E-state index contributed by atoms with van der Waals surface area (Å²) in [5, 5.41) is 4.25. The molecule has 6 rings (SSSR count). The van der Waals surface area contributed by atoms with Gasteiger partial charge in [-0.25, -0.2) is 0 Å². The minimum Gasteiger partial charge on any atom is -0.367 e. The van der Waals surface area contributed by atoms with E-state index in [0.29, 0.717) is 10.8 Å². The van der Waals surface area contributed by atoms with Crippen LogP contribution in [0.3, 0.4) is 0 Å². The third-order valence-electron chi connectivity index (χ3n) is 6.78. The first-order chi connectivity index (χ1) is 17.2. The van der Waals surface area contributed by atoms with E-state index < -0.39 is 0 Å². The normalized spacial score (nSPS) is 12.7. The predicted octanol–water partition coefficient (Wildman–Crippen LogP) is 5.36. The molecule has 0 unspecified atom stereocenters. The van der Waals surface area contributed by atoms with Crippen molar-refractivity contribution in [3.05, 3.63) is 118 Å². The van der Waals surface area contributed by atoms with Gasteiger partial charge in [-0.3, -0.25) is 9.59 Å². The van der Waals surface area contributed by atoms with E-state index in [4.69, 9.17) is 0 Å². The van der Waals surface area contributed by atoms with Gasteiger partial charge in [0.15, 0.2) is 5.43 Å². The molecule has 1 aromatic heterocycles. The topological polar surface area (TPSA) is 54.3 Å². The van der Waals surface area contributed by atoms with Crippen molar-refractivity contribution in [1.29, 1.82) is 0 Å². The molecule has 0 fully saturated rings. The van der Waals surface area contributed by atoms with Crippen molar-refractivity contribution >= 4 is 39.1 Å². The fourth-order valence-corrected chi connectivity index (χ4v) is 5.08. The van der Waals surface area contributed by atoms with Crippen molar-refractivity contribution in [3.8, 4) is 0 Å². The summed E-state index contributed by atoms with van der Waals surface area (Å²) in [5.41, 5.74) is 6.18. The van der Waals surface area contributed by atoms with Gasteiger partial charge in [-0.1, -0.05) is 54.6 Å². The molecule has 0 spiro atoms. The first kappa shape index (κ1) is 21.2. The van der Waals surface area contributed by atoms with Crippen LogP contribution in [-0.4, -0.2) is 17.0 Å². The van der Waals surface area contributed by atoms with Crippen LogP contribution in [0.1, 0.15) is 11.1 Å². The van der Waals surface area contributed by atoms with Gasteiger partial charge in [-0.2, -0.15) is 0 Å². The maximum absolute atomic E-state index is 13.0. The molecule has 1 aliphatic heterocycles. The average molecular weight is 460 g/mol. The van der Waals surface area contributed by atoms with Crippen molar-refractivity contribution in [3.63, 3.8) is 0 Å². The van der Waals surface area contributed by atoms with E-state index in [2.05, 4.69) is 46.6 Å². The quantitative estimate of drug-likeness (QED) is 0.360. The number of amides is 1. The third-order valence-corrected chi connectivity index (χ3v) is 6.78. The summed E-state index contributed by atoms with van der Waals surface area (Å²) in [7, 11) is 0. The van der Waals surface area contributed by atoms with E-state index >= 15 is 0 Å². The highest BCUT2D eigenvalue weighted by molar-refractivity contribution is 5.97. The number of nitrogens with zero attached hydrogens (tertiary/aromatic N) is 2. The molecule has 5 aromatic rings. The second-order valence-corrected chi connectivity index (χ2v) is 8.99. The van der Waals surface area contributed by atoms with Gasteiger partial charge >= 0.3 is 0 Å². The summed E-state index contributed by atoms with van der Waals surface area (Å²) < 4.78 is 1.92. The van der Waals surface area contributed by atoms with Crippen LogP contribution in [0.2, 0.25) is 0 Å². The van der Waals surface area contributed by atoms with E-state index in [0.717, 1.165) is 36.2 Å². The Morgan fingerprint density at radius 1 is 0.771 bits per heavy atom. The van der Waals surface area contributed by atoms with Crippen molar-refractivity contribution in [2.24, 2.45) is 0 Å². The number of benzene rings is 4. The Morgan fingerprint density at radius 2 is 1.40 bits per heavy atom. The van der Waals surface area contributed by atoms with Gasteiger partial charge in [0.2, 0.25) is 5.91 Å². The molecule has 5 nitrogen and oxygen atoms in total. The molecule has 2 heterocycles. The zero-order valence-corrected chi connectivity index (χ0v) is 19.3. The molecule has 172 valence electrons. The Kier molecular flexibility index (Phi) is 5.30. The summed E-state index contributed by atoms with van der Waals surface area (Å²) in [4.78, 5) is 28.4. The zero-order chi connectivity index (χ0) is 23.8. The lowest BCUT2D eigenvalue weighted by atomic mass is 10.1. The summed E-state index contributed by atoms with van der Waals surface area (Å²) in [6, 6.07) is 31.5. The second kappa shape index (κ2) is 8.76. The van der Waals surface area contributed by atoms with E-state index in [9.17, 15) is 9.59 Å². The number of nitrogens with one attached hydrogen (secondary N) is 1. The van der Waals surface area contributed by atoms with E-state index in [1.54, 1.807) is 0 Å². The molecule has 0 aliphatic carbocycles. The zero-order valence-electron chi connectivity index (χ0n) is 19.3. The highest BCUT2D eigenvalue weighted by Crippen LogP contribution is 2.29. The standard InChI is InChI=1S/C30H25N3O2/c34-29(20-33-27-11-5-2-8-24(27)30(35)25-9-3-6-12-28(25)33)31-23-15-13-21(14-16-23)19-32-18-17-22-7-1-4-10-26(22)32/h1-16H,17-20H2,(H,31,34). The summed E-state index contributed by atoms with van der Waals surface area (Å²) in [6.45, 7) is 1.99. The van der Waals surface area contributed by atoms with Crippen molar-refractivity contribution in [2.75, 3.05) is 16.8 Å². The van der Waals surface area contributed by atoms with Crippen LogP contribution in [0, 0.1) is 0 Å². The lowest BCUT2D eigenvalue weighted by molar-refractivity contribution is -0.116. The van der Waals surface area contributed by atoms with Crippen LogP contribution in [0.25, 0.3) is 21.8 Å². The Balaban J connectivity index is 1.21. The van der Waals surface area contributed by atoms with Gasteiger partial charge in [0.05, 0.1) is 11.0 Å². The monoisotopic (exact) mass is 459 g/mol. The molecule has 0 bridgehead atoms. The highest BCUT2D eigenvalue weighted by atomic mass is 16.2. The van der Waals surface area contributed by atoms with Gasteiger partial charge in [0, 0.05) is 35.2 Å². The Bertz CT molecular complexity index is 1560. The fourth-order valence-electron chi connectivity index (χ4n) is 5.08. The van der Waals surface area contributed by atoms with Crippen LogP contribution in [0.5, 0.6) is 0 Å². The molecule has 1 aliphatic rings. The van der Waals surface area contributed by atoms with Gasteiger partial charge in [-0.15, -0.1) is 0 Å². The van der Waals surface area contributed by atoms with Gasteiger partial charge < -0.3 is 14.8 Å². The van der Waals surface area contributed by atoms with Crippen LogP contribution < -0.4 is 15.6 Å². The van der Waals surface area contributed by atoms with Crippen molar-refractivity contribution in [2.45, 2.75) is 19.5 Å². The van der Waals surface area contributed by atoms with Gasteiger partial charge in [0.25, 0.3) is 0 Å². The maximum atomic E-state index is 13.0. The van der Waals surface area contributed by atoms with Crippen LogP contribution in [0.4, 0.5) is 11.4 Å². The molecule has 1 N–H and O–H groups in total. The Labute approximate surface area is 203 Å². The van der Waals surface area contributed by atoms with Crippen LogP contribution >= 0.6 is 0 Å². The maximum Gasteiger partial charge on any atom is 0.244 e. The average Bonchev–Trinajstić information content (AvgIpc) is 3.30. The molecule has 35 heavy (non-hydrogen) atoms. The van der Waals surface area contributed by atoms with E-state index in [1.807, 2.05) is 65.2 Å². The van der Waals surface area contributed by atoms with Gasteiger partial charge in [-0.05, 0) is 60.0 Å². The summed E-state index contributed by atoms with van der Waals surface area (Å²) in [5.74, 6) is -0.134. The van der Waals surface area contributed by atoms with Crippen molar-refractivity contribution < 1.29 is 4.79 Å².